The molecule has 0 heterocycles. The summed E-state index contributed by atoms with van der Waals surface area (Å²) in [5.41, 5.74) is 4.50. The fourth-order valence-corrected chi connectivity index (χ4v) is 6.54. The Labute approximate surface area is 299 Å². The number of hydrogen-bond donors (Lipinski definition) is 1. The summed E-state index contributed by atoms with van der Waals surface area (Å²) in [5.74, 6) is 1.72. The van der Waals surface area contributed by atoms with E-state index < -0.39 is 17.4 Å². The molecule has 0 saturated carbocycles. The molecular formula is C44H56O6. The number of ether oxygens (including phenoxy) is 4. The van der Waals surface area contributed by atoms with Crippen molar-refractivity contribution in [3.63, 3.8) is 0 Å². The minimum Gasteiger partial charge on any atom is -0.508 e. The Morgan fingerprint density at radius 1 is 0.660 bits per heavy atom. The molecule has 6 heteroatoms. The zero-order chi connectivity index (χ0) is 36.3. The van der Waals surface area contributed by atoms with Crippen LogP contribution in [0.25, 0.3) is 0 Å². The third-order valence-corrected chi connectivity index (χ3v) is 9.34. The van der Waals surface area contributed by atoms with Crippen molar-refractivity contribution in [1.82, 2.24) is 0 Å². The van der Waals surface area contributed by atoms with Gasteiger partial charge in [0.05, 0.1) is 0 Å². The van der Waals surface area contributed by atoms with Crippen LogP contribution in [-0.2, 0) is 14.3 Å². The molecule has 4 atom stereocenters. The first kappa shape index (κ1) is 38.5. The van der Waals surface area contributed by atoms with Crippen LogP contribution in [0.15, 0.2) is 103 Å². The molecule has 4 rings (SSSR count). The van der Waals surface area contributed by atoms with Crippen LogP contribution < -0.4 is 9.47 Å². The smallest absolute Gasteiger partial charge is 0.344 e. The number of phenols is 1. The molecule has 0 aliphatic rings. The zero-order valence-electron chi connectivity index (χ0n) is 31.1. The number of phenolic OH excluding ortho intramolecular Hbond substituents is 1. The van der Waals surface area contributed by atoms with E-state index in [1.54, 1.807) is 19.2 Å². The Morgan fingerprint density at radius 3 is 1.70 bits per heavy atom. The first-order valence-corrected chi connectivity index (χ1v) is 17.9. The van der Waals surface area contributed by atoms with Gasteiger partial charge in [-0.2, -0.15) is 0 Å². The summed E-state index contributed by atoms with van der Waals surface area (Å²) in [6.45, 7) is 13.8. The SMILES string of the molecule is CCC(CC(CC(CC(C)c1ccccc1)c1ccc(OC(C)(C)OC)cc1)c1ccc(OCC(=O)OC(C)(C)C)cc1)c1ccc(O)cc1. The number of carbonyl (C=O) groups is 1. The van der Waals surface area contributed by atoms with E-state index in [0.717, 1.165) is 31.4 Å². The van der Waals surface area contributed by atoms with Crippen LogP contribution in [0.2, 0.25) is 0 Å². The lowest BCUT2D eigenvalue weighted by Gasteiger charge is -2.30. The minimum absolute atomic E-state index is 0.139. The van der Waals surface area contributed by atoms with Crippen molar-refractivity contribution in [3.05, 3.63) is 125 Å². The van der Waals surface area contributed by atoms with Crippen molar-refractivity contribution in [2.75, 3.05) is 13.7 Å². The normalized spacial score (nSPS) is 14.3. The summed E-state index contributed by atoms with van der Waals surface area (Å²) in [4.78, 5) is 12.3. The van der Waals surface area contributed by atoms with E-state index in [1.165, 1.54) is 22.3 Å². The highest BCUT2D eigenvalue weighted by Gasteiger charge is 2.26. The second-order valence-electron chi connectivity index (χ2n) is 14.8. The lowest BCUT2D eigenvalue weighted by molar-refractivity contribution is -0.157. The highest BCUT2D eigenvalue weighted by atomic mass is 16.7. The average Bonchev–Trinajstić information content (AvgIpc) is 3.09. The molecule has 0 aromatic heterocycles. The average molecular weight is 681 g/mol. The van der Waals surface area contributed by atoms with Gasteiger partial charge in [-0.15, -0.1) is 0 Å². The topological polar surface area (TPSA) is 74.2 Å². The molecule has 6 nitrogen and oxygen atoms in total. The molecule has 4 unspecified atom stereocenters. The van der Waals surface area contributed by atoms with Gasteiger partial charge < -0.3 is 24.1 Å². The van der Waals surface area contributed by atoms with E-state index >= 15 is 0 Å². The van der Waals surface area contributed by atoms with Crippen molar-refractivity contribution >= 4 is 5.97 Å². The maximum atomic E-state index is 12.3. The van der Waals surface area contributed by atoms with Gasteiger partial charge in [-0.3, -0.25) is 0 Å². The quantitative estimate of drug-likeness (QED) is 0.0884. The Bertz CT molecular complexity index is 1590. The fourth-order valence-electron chi connectivity index (χ4n) is 6.54. The summed E-state index contributed by atoms with van der Waals surface area (Å²) >= 11 is 0. The fraction of sp³-hybridized carbons (Fsp3) is 0.432. The van der Waals surface area contributed by atoms with Crippen LogP contribution in [-0.4, -0.2) is 36.2 Å². The third-order valence-electron chi connectivity index (χ3n) is 9.34. The number of carbonyl (C=O) groups excluding carboxylic acids is 1. The van der Waals surface area contributed by atoms with Crippen LogP contribution in [0.1, 0.15) is 120 Å². The van der Waals surface area contributed by atoms with E-state index in [9.17, 15) is 9.90 Å². The monoisotopic (exact) mass is 680 g/mol. The van der Waals surface area contributed by atoms with E-state index in [-0.39, 0.29) is 24.2 Å². The summed E-state index contributed by atoms with van der Waals surface area (Å²) < 4.78 is 22.8. The van der Waals surface area contributed by atoms with Crippen molar-refractivity contribution < 1.29 is 28.8 Å². The van der Waals surface area contributed by atoms with Crippen LogP contribution >= 0.6 is 0 Å². The van der Waals surface area contributed by atoms with E-state index in [4.69, 9.17) is 18.9 Å². The van der Waals surface area contributed by atoms with Gasteiger partial charge in [0, 0.05) is 21.0 Å². The summed E-state index contributed by atoms with van der Waals surface area (Å²) in [5, 5.41) is 9.99. The van der Waals surface area contributed by atoms with Crippen molar-refractivity contribution in [1.29, 1.82) is 0 Å². The number of hydrogen-bond acceptors (Lipinski definition) is 6. The number of esters is 1. The Kier molecular flexibility index (Phi) is 13.5. The molecule has 0 radical (unpaired) electrons. The predicted octanol–water partition coefficient (Wildman–Crippen LogP) is 10.9. The van der Waals surface area contributed by atoms with Crippen molar-refractivity contribution in [2.24, 2.45) is 0 Å². The predicted molar refractivity (Wildman–Crippen MR) is 201 cm³/mol. The van der Waals surface area contributed by atoms with Gasteiger partial charge in [-0.25, -0.2) is 4.79 Å². The lowest BCUT2D eigenvalue weighted by Crippen LogP contribution is -2.30. The summed E-state index contributed by atoms with van der Waals surface area (Å²) in [7, 11) is 1.65. The van der Waals surface area contributed by atoms with Gasteiger partial charge in [-0.05, 0) is 129 Å². The second kappa shape index (κ2) is 17.6. The Balaban J connectivity index is 1.66. The zero-order valence-corrected chi connectivity index (χ0v) is 31.1. The minimum atomic E-state index is -0.722. The molecule has 50 heavy (non-hydrogen) atoms. The third kappa shape index (κ3) is 11.9. The molecule has 0 saturated heterocycles. The van der Waals surface area contributed by atoms with E-state index in [0.29, 0.717) is 17.6 Å². The molecule has 4 aromatic carbocycles. The lowest BCUT2D eigenvalue weighted by atomic mass is 9.75. The van der Waals surface area contributed by atoms with Crippen LogP contribution in [0.4, 0.5) is 0 Å². The molecule has 0 spiro atoms. The molecule has 268 valence electrons. The van der Waals surface area contributed by atoms with Gasteiger partial charge in [0.2, 0.25) is 5.79 Å². The van der Waals surface area contributed by atoms with E-state index in [1.807, 2.05) is 71.0 Å². The van der Waals surface area contributed by atoms with Crippen LogP contribution in [0.5, 0.6) is 17.2 Å². The van der Waals surface area contributed by atoms with E-state index in [2.05, 4.69) is 68.4 Å². The maximum absolute atomic E-state index is 12.3. The first-order valence-electron chi connectivity index (χ1n) is 17.9. The number of aromatic hydroxyl groups is 1. The molecule has 0 fully saturated rings. The van der Waals surface area contributed by atoms with Crippen molar-refractivity contribution in [3.8, 4) is 17.2 Å². The summed E-state index contributed by atoms with van der Waals surface area (Å²) in [6, 6.07) is 35.1. The summed E-state index contributed by atoms with van der Waals surface area (Å²) in [6.07, 6.45) is 3.84. The standard InChI is InChI=1S/C44H56O6/c1-9-32(34-15-21-39(45)22-16-34)28-38(36-17-23-40(24-18-36)48-30-42(46)50-43(3,4)5)29-37(27-31(2)33-13-11-10-12-14-33)35-19-25-41(26-20-35)49-44(6,7)47-8/h10-26,31-32,37-38,45H,9,27-30H2,1-8H3. The Morgan fingerprint density at radius 2 is 1.16 bits per heavy atom. The highest BCUT2D eigenvalue weighted by Crippen LogP contribution is 2.43. The van der Waals surface area contributed by atoms with Gasteiger partial charge >= 0.3 is 5.97 Å². The van der Waals surface area contributed by atoms with Gasteiger partial charge in [-0.1, -0.05) is 80.6 Å². The number of methoxy groups -OCH3 is 1. The molecule has 0 aliphatic heterocycles. The Hall–Kier alpha value is -4.29. The first-order chi connectivity index (χ1) is 23.7. The largest absolute Gasteiger partial charge is 0.508 e. The molecule has 0 amide bonds. The van der Waals surface area contributed by atoms with Crippen molar-refractivity contribution in [2.45, 2.75) is 109 Å². The molecular weight excluding hydrogens is 624 g/mol. The van der Waals surface area contributed by atoms with Gasteiger partial charge in [0.25, 0.3) is 0 Å². The van der Waals surface area contributed by atoms with Gasteiger partial charge in [0.1, 0.15) is 22.8 Å². The maximum Gasteiger partial charge on any atom is 0.344 e. The number of benzene rings is 4. The molecule has 1 N–H and O–H groups in total. The van der Waals surface area contributed by atoms with Gasteiger partial charge in [0.15, 0.2) is 6.61 Å². The number of rotatable bonds is 17. The highest BCUT2D eigenvalue weighted by molar-refractivity contribution is 5.71. The van der Waals surface area contributed by atoms with Crippen LogP contribution in [0, 0.1) is 0 Å². The molecule has 0 aliphatic carbocycles. The van der Waals surface area contributed by atoms with Crippen LogP contribution in [0.3, 0.4) is 0 Å². The molecule has 0 bridgehead atoms. The molecule has 4 aromatic rings. The second-order valence-corrected chi connectivity index (χ2v) is 14.8.